The van der Waals surface area contributed by atoms with Crippen LogP contribution in [0.3, 0.4) is 0 Å². The number of carbonyl (C=O) groups is 1. The van der Waals surface area contributed by atoms with E-state index in [2.05, 4.69) is 4.98 Å². The first-order valence-electron chi connectivity index (χ1n) is 10.2. The molecular formula is C22H26ClN3O7. The molecule has 11 heteroatoms. The number of benzene rings is 1. The van der Waals surface area contributed by atoms with Gasteiger partial charge >= 0.3 is 11.7 Å². The highest BCUT2D eigenvalue weighted by Crippen LogP contribution is 2.33. The van der Waals surface area contributed by atoms with Crippen LogP contribution in [-0.2, 0) is 9.53 Å². The number of aliphatic hydroxyl groups excluding tert-OH is 2. The van der Waals surface area contributed by atoms with E-state index in [-0.39, 0.29) is 21.9 Å². The molecule has 0 saturated heterocycles. The van der Waals surface area contributed by atoms with E-state index in [4.69, 9.17) is 31.2 Å². The minimum Gasteiger partial charge on any atom is -0.483 e. The van der Waals surface area contributed by atoms with Crippen molar-refractivity contribution in [2.24, 2.45) is 5.73 Å². The van der Waals surface area contributed by atoms with E-state index in [1.165, 1.54) is 19.1 Å². The summed E-state index contributed by atoms with van der Waals surface area (Å²) in [6.45, 7) is 3.58. The molecule has 1 unspecified atom stereocenters. The van der Waals surface area contributed by atoms with Gasteiger partial charge in [-0.25, -0.2) is 9.59 Å². The second kappa shape index (κ2) is 9.92. The fourth-order valence-electron chi connectivity index (χ4n) is 3.05. The molecule has 33 heavy (non-hydrogen) atoms. The summed E-state index contributed by atoms with van der Waals surface area (Å²) in [5, 5.41) is 18.7. The second-order valence-electron chi connectivity index (χ2n) is 7.97. The molecule has 0 amide bonds. The molecule has 3 aromatic rings. The van der Waals surface area contributed by atoms with Crippen molar-refractivity contribution >= 4 is 28.7 Å². The van der Waals surface area contributed by atoms with Crippen LogP contribution in [0.5, 0.6) is 5.75 Å². The molecule has 3 rings (SSSR count). The first-order valence-corrected chi connectivity index (χ1v) is 10.6. The second-order valence-corrected chi connectivity index (χ2v) is 8.38. The third-order valence-corrected chi connectivity index (χ3v) is 5.48. The summed E-state index contributed by atoms with van der Waals surface area (Å²) in [5.41, 5.74) is 6.38. The molecular weight excluding hydrogens is 454 g/mol. The standard InChI is InChI=1S/C22H26ClN3O7/c1-12-4-5-16(25-8-12)14(3)32-18-7-19-17(6-15(18)23)26(21(30)33-19)13(2)20(29)31-11-22(24,9-27)10-28/h4-8,13-14,27-28H,9-11,24H2,1-3H3/t13-,14?/m1/s1. The number of rotatable bonds is 9. The van der Waals surface area contributed by atoms with E-state index in [9.17, 15) is 19.8 Å². The SMILES string of the molecule is Cc1ccc(C(C)Oc2cc3oc(=O)n([C@H](C)C(=O)OCC(N)(CO)CO)c3cc2Cl)nc1. The third-order valence-electron chi connectivity index (χ3n) is 5.18. The molecule has 10 nitrogen and oxygen atoms in total. The van der Waals surface area contributed by atoms with Crippen LogP contribution in [0.1, 0.15) is 37.3 Å². The van der Waals surface area contributed by atoms with Crippen LogP contribution in [-0.4, -0.2) is 51.1 Å². The first kappa shape index (κ1) is 24.7. The monoisotopic (exact) mass is 479 g/mol. The Balaban J connectivity index is 1.84. The van der Waals surface area contributed by atoms with Crippen molar-refractivity contribution in [3.63, 3.8) is 0 Å². The van der Waals surface area contributed by atoms with E-state index in [0.717, 1.165) is 10.1 Å². The number of aliphatic hydroxyl groups is 2. The maximum absolute atomic E-state index is 12.5. The Bertz CT molecular complexity index is 1190. The quantitative estimate of drug-likeness (QED) is 0.391. The number of pyridine rings is 1. The minimum atomic E-state index is -1.49. The predicted octanol–water partition coefficient (Wildman–Crippen LogP) is 1.88. The van der Waals surface area contributed by atoms with E-state index in [1.807, 2.05) is 26.0 Å². The van der Waals surface area contributed by atoms with E-state index >= 15 is 0 Å². The zero-order valence-electron chi connectivity index (χ0n) is 18.4. The Hall–Kier alpha value is -2.92. The maximum atomic E-state index is 12.5. The van der Waals surface area contributed by atoms with Crippen LogP contribution in [0.25, 0.3) is 11.1 Å². The predicted molar refractivity (Wildman–Crippen MR) is 120 cm³/mol. The molecule has 178 valence electrons. The van der Waals surface area contributed by atoms with Crippen molar-refractivity contribution in [1.82, 2.24) is 9.55 Å². The molecule has 0 aliphatic heterocycles. The van der Waals surface area contributed by atoms with Crippen LogP contribution in [0.15, 0.2) is 39.7 Å². The van der Waals surface area contributed by atoms with Crippen molar-refractivity contribution in [2.75, 3.05) is 19.8 Å². The molecule has 0 fully saturated rings. The molecule has 2 heterocycles. The van der Waals surface area contributed by atoms with Crippen molar-refractivity contribution in [1.29, 1.82) is 0 Å². The van der Waals surface area contributed by atoms with Gasteiger partial charge < -0.3 is 29.8 Å². The molecule has 4 N–H and O–H groups in total. The van der Waals surface area contributed by atoms with Gasteiger partial charge in [-0.05, 0) is 38.5 Å². The van der Waals surface area contributed by atoms with Gasteiger partial charge in [0.05, 0.1) is 35.0 Å². The van der Waals surface area contributed by atoms with Gasteiger partial charge in [0, 0.05) is 12.3 Å². The molecule has 0 aliphatic carbocycles. The lowest BCUT2D eigenvalue weighted by atomic mass is 10.1. The van der Waals surface area contributed by atoms with Crippen molar-refractivity contribution in [3.8, 4) is 5.75 Å². The normalized spacial score (nSPS) is 13.7. The van der Waals surface area contributed by atoms with Gasteiger partial charge in [0.25, 0.3) is 0 Å². The van der Waals surface area contributed by atoms with E-state index < -0.39 is 49.2 Å². The summed E-state index contributed by atoms with van der Waals surface area (Å²) in [6.07, 6.45) is 1.31. The topological polar surface area (TPSA) is 150 Å². The van der Waals surface area contributed by atoms with Gasteiger partial charge in [0.2, 0.25) is 0 Å². The molecule has 0 saturated carbocycles. The Morgan fingerprint density at radius 2 is 2.00 bits per heavy atom. The number of hydrogen-bond acceptors (Lipinski definition) is 9. The van der Waals surface area contributed by atoms with Gasteiger partial charge in [-0.3, -0.25) is 9.55 Å². The molecule has 1 aromatic carbocycles. The minimum absolute atomic E-state index is 0.169. The summed E-state index contributed by atoms with van der Waals surface area (Å²) in [7, 11) is 0. The van der Waals surface area contributed by atoms with Crippen molar-refractivity contribution in [3.05, 3.63) is 57.3 Å². The smallest absolute Gasteiger partial charge is 0.420 e. The van der Waals surface area contributed by atoms with Crippen LogP contribution >= 0.6 is 11.6 Å². The average molecular weight is 480 g/mol. The van der Waals surface area contributed by atoms with Gasteiger partial charge in [-0.2, -0.15) is 0 Å². The van der Waals surface area contributed by atoms with Crippen LogP contribution < -0.4 is 16.2 Å². The number of aromatic nitrogens is 2. The van der Waals surface area contributed by atoms with E-state index in [1.54, 1.807) is 6.20 Å². The van der Waals surface area contributed by atoms with Crippen molar-refractivity contribution in [2.45, 2.75) is 38.5 Å². The lowest BCUT2D eigenvalue weighted by molar-refractivity contribution is -0.150. The number of ether oxygens (including phenoxy) is 2. The summed E-state index contributed by atoms with van der Waals surface area (Å²) >= 11 is 6.39. The molecule has 2 aromatic heterocycles. The number of fused-ring (bicyclic) bond motifs is 1. The lowest BCUT2D eigenvalue weighted by Crippen LogP contribution is -2.52. The fraction of sp³-hybridized carbons (Fsp3) is 0.409. The first-order chi connectivity index (χ1) is 15.6. The van der Waals surface area contributed by atoms with Crippen LogP contribution in [0.2, 0.25) is 5.02 Å². The number of oxazole rings is 1. The van der Waals surface area contributed by atoms with Gasteiger partial charge in [0.15, 0.2) is 5.58 Å². The number of carbonyl (C=O) groups excluding carboxylic acids is 1. The van der Waals surface area contributed by atoms with Crippen LogP contribution in [0, 0.1) is 6.92 Å². The molecule has 2 atom stereocenters. The lowest BCUT2D eigenvalue weighted by Gasteiger charge is -2.24. The maximum Gasteiger partial charge on any atom is 0.420 e. The highest BCUT2D eigenvalue weighted by atomic mass is 35.5. The number of halogens is 1. The number of esters is 1. The largest absolute Gasteiger partial charge is 0.483 e. The Morgan fingerprint density at radius 1 is 1.30 bits per heavy atom. The average Bonchev–Trinajstić information content (AvgIpc) is 3.11. The summed E-state index contributed by atoms with van der Waals surface area (Å²) in [5.74, 6) is -1.31. The Kier molecular flexibility index (Phi) is 7.43. The highest BCUT2D eigenvalue weighted by Gasteiger charge is 2.29. The summed E-state index contributed by atoms with van der Waals surface area (Å²) in [4.78, 5) is 29.3. The van der Waals surface area contributed by atoms with Crippen molar-refractivity contribution < 1.29 is 28.9 Å². The Labute approximate surface area is 194 Å². The van der Waals surface area contributed by atoms with E-state index in [0.29, 0.717) is 5.69 Å². The fourth-order valence-corrected chi connectivity index (χ4v) is 3.25. The summed E-state index contributed by atoms with van der Waals surface area (Å²) in [6, 6.07) is 5.62. The third kappa shape index (κ3) is 5.36. The van der Waals surface area contributed by atoms with Crippen LogP contribution in [0.4, 0.5) is 0 Å². The zero-order chi connectivity index (χ0) is 24.3. The van der Waals surface area contributed by atoms with Gasteiger partial charge in [0.1, 0.15) is 24.5 Å². The number of nitrogens with two attached hydrogens (primary N) is 1. The van der Waals surface area contributed by atoms with Gasteiger partial charge in [-0.15, -0.1) is 0 Å². The molecule has 0 aliphatic rings. The molecule has 0 radical (unpaired) electrons. The molecule has 0 bridgehead atoms. The summed E-state index contributed by atoms with van der Waals surface area (Å²) < 4.78 is 17.4. The number of hydrogen-bond donors (Lipinski definition) is 3. The highest BCUT2D eigenvalue weighted by molar-refractivity contribution is 6.32. The number of aryl methyl sites for hydroxylation is 1. The van der Waals surface area contributed by atoms with Gasteiger partial charge in [-0.1, -0.05) is 17.7 Å². The molecule has 0 spiro atoms. The number of nitrogens with zero attached hydrogens (tertiary/aromatic N) is 2. The Morgan fingerprint density at radius 3 is 2.61 bits per heavy atom. The zero-order valence-corrected chi connectivity index (χ0v) is 19.2.